The molecule has 0 aliphatic heterocycles. The minimum Gasteiger partial charge on any atom is -0.493 e. The number of carbonyl (C=O) groups excluding carboxylic acids is 1. The van der Waals surface area contributed by atoms with Gasteiger partial charge in [-0.15, -0.1) is 0 Å². The third-order valence-electron chi connectivity index (χ3n) is 2.85. The molecule has 0 bridgehead atoms. The molecule has 3 nitrogen and oxygen atoms in total. The first-order valence-electron chi connectivity index (χ1n) is 6.21. The van der Waals surface area contributed by atoms with Gasteiger partial charge in [0.1, 0.15) is 0 Å². The summed E-state index contributed by atoms with van der Waals surface area (Å²) in [4.78, 5) is 12.3. The fourth-order valence-electron chi connectivity index (χ4n) is 1.84. The molecule has 0 N–H and O–H groups in total. The summed E-state index contributed by atoms with van der Waals surface area (Å²) in [5.41, 5.74) is 0.528. The lowest BCUT2D eigenvalue weighted by Crippen LogP contribution is -2.24. The number of benzene rings is 2. The van der Waals surface area contributed by atoms with Gasteiger partial charge in [-0.3, -0.25) is 4.79 Å². The van der Waals surface area contributed by atoms with E-state index in [9.17, 15) is 4.79 Å². The van der Waals surface area contributed by atoms with Crippen LogP contribution in [0, 0.1) is 0 Å². The zero-order valence-corrected chi connectivity index (χ0v) is 12.1. The Kier molecular flexibility index (Phi) is 4.64. The van der Waals surface area contributed by atoms with Crippen molar-refractivity contribution in [3.8, 4) is 11.5 Å². The molecule has 104 valence electrons. The molecule has 0 saturated heterocycles. The molecular weight excluding hydrogens is 276 g/mol. The van der Waals surface area contributed by atoms with E-state index in [1.807, 2.05) is 12.1 Å². The highest BCUT2D eigenvalue weighted by Crippen LogP contribution is 2.27. The molecule has 1 atom stereocenters. The van der Waals surface area contributed by atoms with Crippen molar-refractivity contribution < 1.29 is 14.3 Å². The second-order valence-electron chi connectivity index (χ2n) is 4.29. The Morgan fingerprint density at radius 1 is 1.10 bits per heavy atom. The smallest absolute Gasteiger partial charge is 0.203 e. The SMILES string of the molecule is COc1ccccc1O[C@@H](C)C(=O)c1cccc(Cl)c1. The molecular formula is C16H15ClO3. The quantitative estimate of drug-likeness (QED) is 0.781. The van der Waals surface area contributed by atoms with Crippen LogP contribution < -0.4 is 9.47 Å². The van der Waals surface area contributed by atoms with Crippen molar-refractivity contribution in [1.29, 1.82) is 0 Å². The van der Waals surface area contributed by atoms with E-state index in [4.69, 9.17) is 21.1 Å². The molecule has 0 aromatic heterocycles. The molecule has 0 amide bonds. The van der Waals surface area contributed by atoms with Crippen LogP contribution in [0.1, 0.15) is 17.3 Å². The van der Waals surface area contributed by atoms with E-state index in [-0.39, 0.29) is 5.78 Å². The van der Waals surface area contributed by atoms with Gasteiger partial charge in [0.05, 0.1) is 7.11 Å². The molecule has 2 aromatic rings. The molecule has 0 radical (unpaired) electrons. The predicted octanol–water partition coefficient (Wildman–Crippen LogP) is 4.00. The number of ketones is 1. The minimum atomic E-state index is -0.621. The molecule has 0 fully saturated rings. The molecule has 0 heterocycles. The first-order valence-corrected chi connectivity index (χ1v) is 6.59. The maximum absolute atomic E-state index is 12.3. The highest BCUT2D eigenvalue weighted by molar-refractivity contribution is 6.31. The topological polar surface area (TPSA) is 35.5 Å². The molecule has 4 heteroatoms. The number of methoxy groups -OCH3 is 1. The van der Waals surface area contributed by atoms with Gasteiger partial charge in [0.25, 0.3) is 0 Å². The Morgan fingerprint density at radius 2 is 1.80 bits per heavy atom. The summed E-state index contributed by atoms with van der Waals surface area (Å²) in [5, 5.41) is 0.528. The predicted molar refractivity (Wildman–Crippen MR) is 78.9 cm³/mol. The minimum absolute atomic E-state index is 0.126. The van der Waals surface area contributed by atoms with Crippen molar-refractivity contribution in [3.05, 3.63) is 59.1 Å². The van der Waals surface area contributed by atoms with Gasteiger partial charge < -0.3 is 9.47 Å². The molecule has 0 aliphatic carbocycles. The lowest BCUT2D eigenvalue weighted by atomic mass is 10.1. The van der Waals surface area contributed by atoms with E-state index in [0.717, 1.165) is 0 Å². The summed E-state index contributed by atoms with van der Waals surface area (Å²) in [6.45, 7) is 1.70. The van der Waals surface area contributed by atoms with Crippen molar-refractivity contribution in [3.63, 3.8) is 0 Å². The summed E-state index contributed by atoms with van der Waals surface area (Å²) in [6, 6.07) is 14.0. The lowest BCUT2D eigenvalue weighted by molar-refractivity contribution is 0.0814. The van der Waals surface area contributed by atoms with Crippen molar-refractivity contribution in [2.75, 3.05) is 7.11 Å². The largest absolute Gasteiger partial charge is 0.493 e. The molecule has 0 unspecified atom stereocenters. The Bertz CT molecular complexity index is 610. The molecule has 0 aliphatic rings. The van der Waals surface area contributed by atoms with Crippen molar-refractivity contribution in [2.45, 2.75) is 13.0 Å². The number of carbonyl (C=O) groups is 1. The van der Waals surface area contributed by atoms with Crippen LogP contribution in [-0.2, 0) is 0 Å². The van der Waals surface area contributed by atoms with E-state index in [2.05, 4.69) is 0 Å². The lowest BCUT2D eigenvalue weighted by Gasteiger charge is -2.16. The highest BCUT2D eigenvalue weighted by atomic mass is 35.5. The highest BCUT2D eigenvalue weighted by Gasteiger charge is 2.18. The Morgan fingerprint density at radius 3 is 2.45 bits per heavy atom. The number of hydrogen-bond acceptors (Lipinski definition) is 3. The summed E-state index contributed by atoms with van der Waals surface area (Å²) < 4.78 is 10.9. The Balaban J connectivity index is 2.15. The van der Waals surface area contributed by atoms with Crippen LogP contribution in [0.2, 0.25) is 5.02 Å². The molecule has 2 rings (SSSR count). The van der Waals surface area contributed by atoms with Crippen LogP contribution >= 0.6 is 11.6 Å². The third-order valence-corrected chi connectivity index (χ3v) is 3.09. The van der Waals surface area contributed by atoms with Crippen molar-refractivity contribution in [2.24, 2.45) is 0 Å². The van der Waals surface area contributed by atoms with Gasteiger partial charge in [0.15, 0.2) is 17.6 Å². The first kappa shape index (κ1) is 14.4. The summed E-state index contributed by atoms with van der Waals surface area (Å²) in [5.74, 6) is 1.01. The molecule has 0 spiro atoms. The Hall–Kier alpha value is -2.00. The number of halogens is 1. The number of rotatable bonds is 5. The second-order valence-corrected chi connectivity index (χ2v) is 4.72. The van der Waals surface area contributed by atoms with E-state index in [0.29, 0.717) is 22.1 Å². The maximum Gasteiger partial charge on any atom is 0.203 e. The number of ether oxygens (including phenoxy) is 2. The van der Waals surface area contributed by atoms with Gasteiger partial charge in [-0.2, -0.15) is 0 Å². The third kappa shape index (κ3) is 3.31. The standard InChI is InChI=1S/C16H15ClO3/c1-11(16(18)12-6-5-7-13(17)10-12)20-15-9-4-3-8-14(15)19-2/h3-11H,1-2H3/t11-/m0/s1. The number of Topliss-reactive ketones (excluding diaryl/α,β-unsaturated/α-hetero) is 1. The molecule has 20 heavy (non-hydrogen) atoms. The number of hydrogen-bond donors (Lipinski definition) is 0. The Labute approximate surface area is 123 Å². The van der Waals surface area contributed by atoms with Crippen LogP contribution in [0.5, 0.6) is 11.5 Å². The summed E-state index contributed by atoms with van der Waals surface area (Å²) in [6.07, 6.45) is -0.621. The van der Waals surface area contributed by atoms with Gasteiger partial charge in [0.2, 0.25) is 5.78 Å². The van der Waals surface area contributed by atoms with Crippen LogP contribution in [0.3, 0.4) is 0 Å². The van der Waals surface area contributed by atoms with E-state index in [1.165, 1.54) is 0 Å². The fraction of sp³-hybridized carbons (Fsp3) is 0.188. The second kappa shape index (κ2) is 6.44. The monoisotopic (exact) mass is 290 g/mol. The average Bonchev–Trinajstić information content (AvgIpc) is 2.47. The van der Waals surface area contributed by atoms with Gasteiger partial charge in [-0.05, 0) is 31.2 Å². The van der Waals surface area contributed by atoms with E-state index in [1.54, 1.807) is 50.4 Å². The van der Waals surface area contributed by atoms with Crippen LogP contribution in [0.25, 0.3) is 0 Å². The van der Waals surface area contributed by atoms with Crippen LogP contribution in [0.4, 0.5) is 0 Å². The molecule has 0 saturated carbocycles. The molecule has 2 aromatic carbocycles. The first-order chi connectivity index (χ1) is 9.61. The van der Waals surface area contributed by atoms with E-state index < -0.39 is 6.10 Å². The van der Waals surface area contributed by atoms with Crippen molar-refractivity contribution >= 4 is 17.4 Å². The number of para-hydroxylation sites is 2. The maximum atomic E-state index is 12.3. The fourth-order valence-corrected chi connectivity index (χ4v) is 2.03. The zero-order valence-electron chi connectivity index (χ0n) is 11.3. The van der Waals surface area contributed by atoms with Crippen LogP contribution in [0.15, 0.2) is 48.5 Å². The van der Waals surface area contributed by atoms with Gasteiger partial charge in [0, 0.05) is 10.6 Å². The van der Waals surface area contributed by atoms with Gasteiger partial charge >= 0.3 is 0 Å². The van der Waals surface area contributed by atoms with E-state index >= 15 is 0 Å². The van der Waals surface area contributed by atoms with Gasteiger partial charge in [-0.1, -0.05) is 35.9 Å². The average molecular weight is 291 g/mol. The zero-order chi connectivity index (χ0) is 14.5. The van der Waals surface area contributed by atoms with Gasteiger partial charge in [-0.25, -0.2) is 0 Å². The normalized spacial score (nSPS) is 11.8. The summed E-state index contributed by atoms with van der Waals surface area (Å²) >= 11 is 5.89. The summed E-state index contributed by atoms with van der Waals surface area (Å²) in [7, 11) is 1.56. The van der Waals surface area contributed by atoms with Crippen LogP contribution in [-0.4, -0.2) is 19.0 Å². The van der Waals surface area contributed by atoms with Crippen molar-refractivity contribution in [1.82, 2.24) is 0 Å².